The smallest absolute Gasteiger partial charge is 0.407 e. The zero-order chi connectivity index (χ0) is 39.7. The van der Waals surface area contributed by atoms with E-state index in [2.05, 4.69) is 46.4 Å². The molecule has 6 atom stereocenters. The van der Waals surface area contributed by atoms with E-state index in [1.54, 1.807) is 4.90 Å². The lowest BCUT2D eigenvalue weighted by molar-refractivity contribution is -0.146. The number of carbonyl (C=O) groups is 6. The van der Waals surface area contributed by atoms with Gasteiger partial charge in [-0.15, -0.1) is 12.3 Å². The van der Waals surface area contributed by atoms with Crippen molar-refractivity contribution in [1.82, 2.24) is 31.5 Å². The van der Waals surface area contributed by atoms with Gasteiger partial charge in [0.05, 0.1) is 12.1 Å². The molecule has 1 aliphatic heterocycles. The summed E-state index contributed by atoms with van der Waals surface area (Å²) < 4.78 is 5.48. The van der Waals surface area contributed by atoms with Crippen molar-refractivity contribution in [3.05, 3.63) is 0 Å². The predicted molar refractivity (Wildman–Crippen MR) is 203 cm³/mol. The quantitative estimate of drug-likeness (QED) is 0.116. The first kappa shape index (κ1) is 43.6. The lowest BCUT2D eigenvalue weighted by Crippen LogP contribution is -2.63. The van der Waals surface area contributed by atoms with Crippen LogP contribution in [0.3, 0.4) is 0 Å². The van der Waals surface area contributed by atoms with Gasteiger partial charge in [0.15, 0.2) is 0 Å². The molecule has 0 aromatic carbocycles. The van der Waals surface area contributed by atoms with Crippen LogP contribution < -0.4 is 26.6 Å². The lowest BCUT2D eigenvalue weighted by atomic mass is 9.55. The average molecular weight is 743 g/mol. The summed E-state index contributed by atoms with van der Waals surface area (Å²) in [6.45, 7) is 18.8. The number of Topliss-reactive ketones (excluding diaryl/α,β-unsaturated/α-hetero) is 1. The molecule has 2 saturated carbocycles. The van der Waals surface area contributed by atoms with Gasteiger partial charge in [0.25, 0.3) is 5.91 Å². The van der Waals surface area contributed by atoms with Crippen molar-refractivity contribution >= 4 is 35.6 Å². The number of likely N-dealkylation sites (tertiary alicyclic amines) is 1. The summed E-state index contributed by atoms with van der Waals surface area (Å²) in [6, 6.07) is -4.14. The Morgan fingerprint density at radius 1 is 0.962 bits per heavy atom. The van der Waals surface area contributed by atoms with Crippen LogP contribution in [0, 0.1) is 46.3 Å². The molecule has 0 radical (unpaired) electrons. The number of rotatable bonds is 16. The highest BCUT2D eigenvalue weighted by molar-refractivity contribution is 6.38. The summed E-state index contributed by atoms with van der Waals surface area (Å²) in [4.78, 5) is 83.0. The van der Waals surface area contributed by atoms with E-state index in [-0.39, 0.29) is 48.5 Å². The Morgan fingerprint density at radius 3 is 2.19 bits per heavy atom. The molecule has 1 saturated heterocycles. The molecular formula is C40H66N6O7. The van der Waals surface area contributed by atoms with Crippen LogP contribution in [0.25, 0.3) is 0 Å². The van der Waals surface area contributed by atoms with Crippen LogP contribution in [0.1, 0.15) is 120 Å². The molecule has 13 nitrogen and oxygen atoms in total. The molecule has 4 unspecified atom stereocenters. The lowest BCUT2D eigenvalue weighted by Gasteiger charge is -2.49. The topological polar surface area (TPSA) is 175 Å². The van der Waals surface area contributed by atoms with Crippen LogP contribution in [-0.2, 0) is 23.9 Å². The van der Waals surface area contributed by atoms with Crippen LogP contribution in [0.2, 0.25) is 0 Å². The molecule has 0 bridgehead atoms. The molecule has 6 amide bonds. The molecule has 3 rings (SSSR count). The molecule has 53 heavy (non-hydrogen) atoms. The number of ether oxygens (including phenoxy) is 1. The number of terminal acetylenes is 1. The Balaban J connectivity index is 1.90. The van der Waals surface area contributed by atoms with Crippen molar-refractivity contribution in [2.45, 2.75) is 144 Å². The van der Waals surface area contributed by atoms with Crippen LogP contribution in [-0.4, -0.2) is 90.9 Å². The fourth-order valence-electron chi connectivity index (χ4n) is 8.29. The molecule has 1 heterocycles. The number of amides is 6. The number of alkyl carbamates (subject to hydrolysis) is 1. The molecule has 13 heteroatoms. The SMILES string of the molecule is C#CCCC(NC(=O)C1[C@@H]2C(CN1C(=O)C(NC(=O)N[C@H](COC(=O)NCC(C)C)C(C)(C)C)C1(C)CCCCC1)CC2(C)C)C(=O)C(=O)NCCC. The molecule has 5 N–H and O–H groups in total. The Bertz CT molecular complexity index is 1380. The molecular weight excluding hydrogens is 676 g/mol. The summed E-state index contributed by atoms with van der Waals surface area (Å²) in [5.41, 5.74) is -1.33. The number of nitrogens with zero attached hydrogens (tertiary/aromatic N) is 1. The van der Waals surface area contributed by atoms with Gasteiger partial charge in [0, 0.05) is 26.1 Å². The summed E-state index contributed by atoms with van der Waals surface area (Å²) in [7, 11) is 0. The second-order valence-electron chi connectivity index (χ2n) is 17.9. The van der Waals surface area contributed by atoms with E-state index in [9.17, 15) is 28.8 Å². The fourth-order valence-corrected chi connectivity index (χ4v) is 8.29. The van der Waals surface area contributed by atoms with E-state index in [0.717, 1.165) is 25.7 Å². The molecule has 3 aliphatic rings. The van der Waals surface area contributed by atoms with Crippen molar-refractivity contribution in [2.24, 2.45) is 34.0 Å². The Hall–Kier alpha value is -3.82. The highest BCUT2D eigenvalue weighted by atomic mass is 16.5. The summed E-state index contributed by atoms with van der Waals surface area (Å²) in [5, 5.41) is 14.1. The van der Waals surface area contributed by atoms with Crippen molar-refractivity contribution < 1.29 is 33.5 Å². The predicted octanol–water partition coefficient (Wildman–Crippen LogP) is 4.29. The van der Waals surface area contributed by atoms with Gasteiger partial charge in [-0.3, -0.25) is 19.2 Å². The van der Waals surface area contributed by atoms with E-state index in [1.165, 1.54) is 0 Å². The Kier molecular flexibility index (Phi) is 15.2. The fraction of sp³-hybridized carbons (Fsp3) is 0.800. The number of carbonyl (C=O) groups excluding carboxylic acids is 6. The van der Waals surface area contributed by atoms with Gasteiger partial charge in [0.2, 0.25) is 17.6 Å². The normalized spacial score (nSPS) is 23.2. The van der Waals surface area contributed by atoms with Gasteiger partial charge in [-0.05, 0) is 66.1 Å². The van der Waals surface area contributed by atoms with E-state index >= 15 is 0 Å². The van der Waals surface area contributed by atoms with Crippen molar-refractivity contribution in [1.29, 1.82) is 0 Å². The summed E-state index contributed by atoms with van der Waals surface area (Å²) >= 11 is 0. The molecule has 3 fully saturated rings. The molecule has 0 aromatic rings. The maximum Gasteiger partial charge on any atom is 0.407 e. The Labute approximate surface area is 317 Å². The number of nitrogens with one attached hydrogen (secondary N) is 5. The third-order valence-electron chi connectivity index (χ3n) is 11.4. The van der Waals surface area contributed by atoms with Crippen LogP contribution in [0.15, 0.2) is 0 Å². The van der Waals surface area contributed by atoms with E-state index in [1.807, 2.05) is 48.5 Å². The first-order valence-corrected chi connectivity index (χ1v) is 19.6. The summed E-state index contributed by atoms with van der Waals surface area (Å²) in [5.74, 6) is 0.210. The van der Waals surface area contributed by atoms with Gasteiger partial charge in [-0.25, -0.2) is 9.59 Å². The van der Waals surface area contributed by atoms with Crippen molar-refractivity contribution in [3.8, 4) is 12.3 Å². The largest absolute Gasteiger partial charge is 0.447 e. The highest BCUT2D eigenvalue weighted by Gasteiger charge is 2.62. The van der Waals surface area contributed by atoms with Gasteiger partial charge in [-0.1, -0.05) is 81.6 Å². The number of hydrogen-bond donors (Lipinski definition) is 5. The molecule has 0 aromatic heterocycles. The second-order valence-corrected chi connectivity index (χ2v) is 17.9. The number of hydrogen-bond acceptors (Lipinski definition) is 7. The third kappa shape index (κ3) is 11.3. The summed E-state index contributed by atoms with van der Waals surface area (Å²) in [6.07, 6.45) is 10.9. The maximum atomic E-state index is 14.9. The van der Waals surface area contributed by atoms with Crippen LogP contribution in [0.5, 0.6) is 0 Å². The monoisotopic (exact) mass is 742 g/mol. The van der Waals surface area contributed by atoms with E-state index in [0.29, 0.717) is 38.9 Å². The van der Waals surface area contributed by atoms with Crippen molar-refractivity contribution in [2.75, 3.05) is 26.2 Å². The third-order valence-corrected chi connectivity index (χ3v) is 11.4. The zero-order valence-corrected chi connectivity index (χ0v) is 33.6. The molecule has 0 spiro atoms. The van der Waals surface area contributed by atoms with Gasteiger partial charge in [0.1, 0.15) is 18.7 Å². The molecule has 2 aliphatic carbocycles. The van der Waals surface area contributed by atoms with Gasteiger partial charge >= 0.3 is 12.1 Å². The van der Waals surface area contributed by atoms with Gasteiger partial charge in [-0.2, -0.15) is 0 Å². The van der Waals surface area contributed by atoms with Crippen LogP contribution >= 0.6 is 0 Å². The van der Waals surface area contributed by atoms with Crippen molar-refractivity contribution in [3.63, 3.8) is 0 Å². The number of ketones is 1. The number of fused-ring (bicyclic) bond motifs is 1. The zero-order valence-electron chi connectivity index (χ0n) is 33.6. The van der Waals surface area contributed by atoms with Crippen LogP contribution in [0.4, 0.5) is 9.59 Å². The minimum atomic E-state index is -1.14. The Morgan fingerprint density at radius 2 is 1.62 bits per heavy atom. The standard InChI is InChI=1S/C40H66N6O7/c1-11-13-17-27(31(47)34(49)41-20-12-2)43-33(48)30-29-26(21-39(29,8)9)23-46(30)35(50)32(40(10)18-15-14-16-19-40)45-36(51)44-28(38(5,6)7)24-53-37(52)42-22-25(3)4/h1,25-30,32H,12-24H2,2-10H3,(H,41,49)(H,42,52)(H,43,48)(H2,44,45,51)/t26?,27?,28-,29+,30?,32?/m1/s1. The molecule has 298 valence electrons. The number of urea groups is 1. The van der Waals surface area contributed by atoms with E-state index < -0.39 is 64.7 Å². The first-order valence-electron chi connectivity index (χ1n) is 19.6. The minimum absolute atomic E-state index is 0.0651. The minimum Gasteiger partial charge on any atom is -0.447 e. The second kappa shape index (κ2) is 18.5. The average Bonchev–Trinajstić information content (AvgIpc) is 3.42. The van der Waals surface area contributed by atoms with E-state index in [4.69, 9.17) is 11.2 Å². The maximum absolute atomic E-state index is 14.9. The van der Waals surface area contributed by atoms with Gasteiger partial charge < -0.3 is 36.2 Å². The highest BCUT2D eigenvalue weighted by Crippen LogP contribution is 2.57. The first-order chi connectivity index (χ1) is 24.8.